The summed E-state index contributed by atoms with van der Waals surface area (Å²) in [4.78, 5) is 0. The van der Waals surface area contributed by atoms with Crippen molar-refractivity contribution < 1.29 is 13.2 Å². The number of nitrogens with one attached hydrogen (secondary N) is 1. The van der Waals surface area contributed by atoms with Gasteiger partial charge in [-0.3, -0.25) is 0 Å². The first-order valence-corrected chi connectivity index (χ1v) is 4.23. The topological polar surface area (TPSA) is 12.0 Å². The first-order chi connectivity index (χ1) is 5.45. The van der Waals surface area contributed by atoms with Gasteiger partial charge in [0, 0.05) is 6.42 Å². The highest BCUT2D eigenvalue weighted by Crippen LogP contribution is 2.23. The van der Waals surface area contributed by atoms with E-state index in [1.54, 1.807) is 6.92 Å². The van der Waals surface area contributed by atoms with Gasteiger partial charge >= 0.3 is 6.18 Å². The zero-order valence-electron chi connectivity index (χ0n) is 7.54. The third-order valence-corrected chi connectivity index (χ3v) is 1.50. The van der Waals surface area contributed by atoms with Crippen LogP contribution in [-0.4, -0.2) is 19.3 Å². The minimum absolute atomic E-state index is 0.323. The van der Waals surface area contributed by atoms with Gasteiger partial charge in [-0.05, 0) is 25.4 Å². The molecule has 74 valence electrons. The van der Waals surface area contributed by atoms with Crippen LogP contribution in [0.15, 0.2) is 0 Å². The van der Waals surface area contributed by atoms with E-state index in [1.165, 1.54) is 0 Å². The fraction of sp³-hybridized carbons (Fsp3) is 1.00. The fourth-order valence-electron chi connectivity index (χ4n) is 0.993. The van der Waals surface area contributed by atoms with E-state index in [9.17, 15) is 13.2 Å². The minimum atomic E-state index is -4.02. The van der Waals surface area contributed by atoms with Crippen molar-refractivity contribution in [3.8, 4) is 0 Å². The number of halogens is 3. The minimum Gasteiger partial charge on any atom is -0.316 e. The van der Waals surface area contributed by atoms with Crippen molar-refractivity contribution in [1.29, 1.82) is 0 Å². The highest BCUT2D eigenvalue weighted by atomic mass is 19.4. The van der Waals surface area contributed by atoms with Crippen LogP contribution < -0.4 is 5.32 Å². The summed E-state index contributed by atoms with van der Waals surface area (Å²) in [6.45, 7) is 4.84. The lowest BCUT2D eigenvalue weighted by molar-refractivity contribution is -0.142. The SMILES string of the molecule is CCCNCC(C)CC(F)(F)F. The van der Waals surface area contributed by atoms with Gasteiger partial charge in [-0.1, -0.05) is 13.8 Å². The van der Waals surface area contributed by atoms with Crippen LogP contribution in [0.25, 0.3) is 0 Å². The average molecular weight is 183 g/mol. The lowest BCUT2D eigenvalue weighted by Gasteiger charge is -2.14. The van der Waals surface area contributed by atoms with Gasteiger partial charge in [0.25, 0.3) is 0 Å². The predicted molar refractivity (Wildman–Crippen MR) is 43.0 cm³/mol. The molecule has 4 heteroatoms. The summed E-state index contributed by atoms with van der Waals surface area (Å²) in [5.41, 5.74) is 0. The Morgan fingerprint density at radius 1 is 1.33 bits per heavy atom. The van der Waals surface area contributed by atoms with Crippen LogP contribution in [0.2, 0.25) is 0 Å². The Morgan fingerprint density at radius 2 is 1.92 bits per heavy atom. The summed E-state index contributed by atoms with van der Waals surface area (Å²) >= 11 is 0. The van der Waals surface area contributed by atoms with Gasteiger partial charge in [0.1, 0.15) is 0 Å². The molecule has 1 N–H and O–H groups in total. The fourth-order valence-corrected chi connectivity index (χ4v) is 0.993. The van der Waals surface area contributed by atoms with Crippen LogP contribution in [0.1, 0.15) is 26.7 Å². The first kappa shape index (κ1) is 11.8. The molecule has 0 radical (unpaired) electrons. The molecular formula is C8H16F3N. The molecule has 0 aliphatic rings. The van der Waals surface area contributed by atoms with E-state index in [2.05, 4.69) is 5.32 Å². The summed E-state index contributed by atoms with van der Waals surface area (Å²) in [6.07, 6.45) is -3.75. The second-order valence-electron chi connectivity index (χ2n) is 3.13. The van der Waals surface area contributed by atoms with E-state index in [0.29, 0.717) is 6.54 Å². The molecule has 0 rings (SSSR count). The molecule has 0 saturated carbocycles. The van der Waals surface area contributed by atoms with Crippen molar-refractivity contribution in [2.24, 2.45) is 5.92 Å². The van der Waals surface area contributed by atoms with Crippen molar-refractivity contribution in [2.75, 3.05) is 13.1 Å². The molecule has 0 saturated heterocycles. The molecule has 12 heavy (non-hydrogen) atoms. The third-order valence-electron chi connectivity index (χ3n) is 1.50. The second kappa shape index (κ2) is 5.41. The molecule has 0 fully saturated rings. The molecule has 0 aliphatic carbocycles. The second-order valence-corrected chi connectivity index (χ2v) is 3.13. The zero-order valence-corrected chi connectivity index (χ0v) is 7.54. The van der Waals surface area contributed by atoms with Gasteiger partial charge < -0.3 is 5.32 Å². The van der Waals surface area contributed by atoms with Crippen LogP contribution in [0.3, 0.4) is 0 Å². The van der Waals surface area contributed by atoms with Gasteiger partial charge in [0.2, 0.25) is 0 Å². The quantitative estimate of drug-likeness (QED) is 0.646. The monoisotopic (exact) mass is 183 g/mol. The Bertz CT molecular complexity index is 111. The maximum atomic E-state index is 11.8. The van der Waals surface area contributed by atoms with Gasteiger partial charge in [-0.15, -0.1) is 0 Å². The smallest absolute Gasteiger partial charge is 0.316 e. The molecule has 0 heterocycles. The normalized spacial score (nSPS) is 14.8. The van der Waals surface area contributed by atoms with Gasteiger partial charge in [0.15, 0.2) is 0 Å². The molecule has 0 aromatic rings. The van der Waals surface area contributed by atoms with Crippen LogP contribution in [0, 0.1) is 5.92 Å². The lowest BCUT2D eigenvalue weighted by atomic mass is 10.1. The van der Waals surface area contributed by atoms with E-state index >= 15 is 0 Å². The van der Waals surface area contributed by atoms with Crippen LogP contribution in [0.4, 0.5) is 13.2 Å². The zero-order chi connectivity index (χ0) is 9.61. The molecule has 0 aromatic heterocycles. The Balaban J connectivity index is 3.40. The third kappa shape index (κ3) is 7.85. The molecule has 0 aliphatic heterocycles. The van der Waals surface area contributed by atoms with Gasteiger partial charge in [0.05, 0.1) is 0 Å². The van der Waals surface area contributed by atoms with Crippen molar-refractivity contribution in [3.63, 3.8) is 0 Å². The van der Waals surface area contributed by atoms with Crippen LogP contribution >= 0.6 is 0 Å². The standard InChI is InChI=1S/C8H16F3N/c1-3-4-12-6-7(2)5-8(9,10)11/h7,12H,3-6H2,1-2H3. The Labute approximate surface area is 71.3 Å². The summed E-state index contributed by atoms with van der Waals surface area (Å²) in [5, 5.41) is 2.96. The van der Waals surface area contributed by atoms with E-state index in [4.69, 9.17) is 0 Å². The highest BCUT2D eigenvalue weighted by molar-refractivity contribution is 4.61. The number of hydrogen-bond donors (Lipinski definition) is 1. The Kier molecular flexibility index (Phi) is 5.29. The summed E-state index contributed by atoms with van der Waals surface area (Å²) in [6, 6.07) is 0. The van der Waals surface area contributed by atoms with Crippen molar-refractivity contribution in [1.82, 2.24) is 5.32 Å². The molecule has 1 nitrogen and oxygen atoms in total. The van der Waals surface area contributed by atoms with Crippen LogP contribution in [-0.2, 0) is 0 Å². The highest BCUT2D eigenvalue weighted by Gasteiger charge is 2.29. The molecule has 0 bridgehead atoms. The molecule has 0 amide bonds. The van der Waals surface area contributed by atoms with E-state index in [1.807, 2.05) is 6.92 Å². The van der Waals surface area contributed by atoms with E-state index < -0.39 is 12.6 Å². The average Bonchev–Trinajstić information content (AvgIpc) is 1.84. The lowest BCUT2D eigenvalue weighted by Crippen LogP contribution is -2.25. The largest absolute Gasteiger partial charge is 0.389 e. The van der Waals surface area contributed by atoms with E-state index in [-0.39, 0.29) is 5.92 Å². The maximum absolute atomic E-state index is 11.8. The Morgan fingerprint density at radius 3 is 2.33 bits per heavy atom. The number of hydrogen-bond acceptors (Lipinski definition) is 1. The Hall–Kier alpha value is -0.250. The summed E-state index contributed by atoms with van der Waals surface area (Å²) in [7, 11) is 0. The molecule has 1 atom stereocenters. The van der Waals surface area contributed by atoms with Crippen molar-refractivity contribution >= 4 is 0 Å². The predicted octanol–water partition coefficient (Wildman–Crippen LogP) is 2.57. The van der Waals surface area contributed by atoms with Gasteiger partial charge in [-0.2, -0.15) is 13.2 Å². The molecular weight excluding hydrogens is 167 g/mol. The molecule has 0 aromatic carbocycles. The van der Waals surface area contributed by atoms with Gasteiger partial charge in [-0.25, -0.2) is 0 Å². The van der Waals surface area contributed by atoms with E-state index in [0.717, 1.165) is 13.0 Å². The van der Waals surface area contributed by atoms with Crippen molar-refractivity contribution in [2.45, 2.75) is 32.9 Å². The summed E-state index contributed by atoms with van der Waals surface area (Å²) in [5.74, 6) is -0.323. The van der Waals surface area contributed by atoms with Crippen molar-refractivity contribution in [3.05, 3.63) is 0 Å². The maximum Gasteiger partial charge on any atom is 0.389 e. The number of alkyl halides is 3. The first-order valence-electron chi connectivity index (χ1n) is 4.23. The molecule has 1 unspecified atom stereocenters. The number of rotatable bonds is 5. The summed E-state index contributed by atoms with van der Waals surface area (Å²) < 4.78 is 35.4. The molecule has 0 spiro atoms. The van der Waals surface area contributed by atoms with Crippen LogP contribution in [0.5, 0.6) is 0 Å².